The fraction of sp³-hybridized carbons (Fsp3) is 0.273. The number of hydrogen-bond acceptors (Lipinski definition) is 5. The lowest BCUT2D eigenvalue weighted by molar-refractivity contribution is -0.145. The second-order valence-corrected chi connectivity index (χ2v) is 7.74. The van der Waals surface area contributed by atoms with E-state index in [0.29, 0.717) is 6.54 Å². The van der Waals surface area contributed by atoms with Crippen LogP contribution < -0.4 is 4.90 Å². The number of methoxy groups -OCH3 is 1. The summed E-state index contributed by atoms with van der Waals surface area (Å²) in [5.74, 6) is -0.457. The molecule has 0 radical (unpaired) electrons. The molecule has 1 aliphatic heterocycles. The molecule has 28 heavy (non-hydrogen) atoms. The van der Waals surface area contributed by atoms with Crippen molar-refractivity contribution >= 4 is 22.4 Å². The van der Waals surface area contributed by atoms with E-state index in [9.17, 15) is 9.18 Å². The Morgan fingerprint density at radius 3 is 2.43 bits per heavy atom. The molecule has 0 bridgehead atoms. The Bertz CT molecular complexity index is 953. The minimum absolute atomic E-state index is 0.0823. The first-order chi connectivity index (χ1) is 13.6. The van der Waals surface area contributed by atoms with Gasteiger partial charge in [0, 0.05) is 24.0 Å². The molecule has 1 atom stereocenters. The van der Waals surface area contributed by atoms with Gasteiger partial charge in [-0.05, 0) is 36.1 Å². The minimum Gasteiger partial charge on any atom is -0.469 e. The maximum absolute atomic E-state index is 13.1. The highest BCUT2D eigenvalue weighted by Crippen LogP contribution is 2.31. The van der Waals surface area contributed by atoms with Crippen molar-refractivity contribution in [2.45, 2.75) is 12.8 Å². The molecule has 0 saturated carbocycles. The monoisotopic (exact) mass is 396 g/mol. The van der Waals surface area contributed by atoms with Crippen LogP contribution in [0.1, 0.15) is 12.8 Å². The number of aromatic nitrogens is 1. The average Bonchev–Trinajstić information content (AvgIpc) is 3.24. The van der Waals surface area contributed by atoms with E-state index in [1.54, 1.807) is 23.5 Å². The van der Waals surface area contributed by atoms with Crippen molar-refractivity contribution in [2.24, 2.45) is 5.92 Å². The standard InChI is InChI=1S/C22H21FN2O2S/c1-27-21(26)18-3-2-12-25(13-18)22-24-20(14-28-22)17-6-4-15(5-7-17)16-8-10-19(23)11-9-16/h4-11,14,18H,2-3,12-13H2,1H3. The van der Waals surface area contributed by atoms with Crippen LogP contribution in [0, 0.1) is 11.7 Å². The highest BCUT2D eigenvalue weighted by atomic mass is 32.1. The van der Waals surface area contributed by atoms with E-state index in [2.05, 4.69) is 4.90 Å². The van der Waals surface area contributed by atoms with Crippen LogP contribution >= 0.6 is 11.3 Å². The second-order valence-electron chi connectivity index (χ2n) is 6.91. The van der Waals surface area contributed by atoms with Gasteiger partial charge in [-0.3, -0.25) is 4.79 Å². The fourth-order valence-corrected chi connectivity index (χ4v) is 4.40. The topological polar surface area (TPSA) is 42.4 Å². The first-order valence-corrected chi connectivity index (χ1v) is 10.2. The Kier molecular flexibility index (Phi) is 5.39. The summed E-state index contributed by atoms with van der Waals surface area (Å²) in [7, 11) is 1.44. The quantitative estimate of drug-likeness (QED) is 0.582. The van der Waals surface area contributed by atoms with Gasteiger partial charge < -0.3 is 9.64 Å². The van der Waals surface area contributed by atoms with Gasteiger partial charge in [0.05, 0.1) is 18.7 Å². The minimum atomic E-state index is -0.234. The summed E-state index contributed by atoms with van der Waals surface area (Å²) in [5.41, 5.74) is 3.98. The Labute approximate surface area is 167 Å². The van der Waals surface area contributed by atoms with Gasteiger partial charge in [-0.2, -0.15) is 0 Å². The molecule has 2 heterocycles. The van der Waals surface area contributed by atoms with Crippen molar-refractivity contribution in [3.05, 3.63) is 59.7 Å². The summed E-state index contributed by atoms with van der Waals surface area (Å²) in [6, 6.07) is 14.6. The van der Waals surface area contributed by atoms with Gasteiger partial charge >= 0.3 is 5.97 Å². The van der Waals surface area contributed by atoms with E-state index in [0.717, 1.165) is 46.9 Å². The third-order valence-electron chi connectivity index (χ3n) is 5.08. The van der Waals surface area contributed by atoms with E-state index in [1.165, 1.54) is 19.2 Å². The van der Waals surface area contributed by atoms with Gasteiger partial charge in [0.15, 0.2) is 5.13 Å². The highest BCUT2D eigenvalue weighted by molar-refractivity contribution is 7.14. The number of halogens is 1. The van der Waals surface area contributed by atoms with E-state index in [1.807, 2.05) is 29.6 Å². The zero-order valence-electron chi connectivity index (χ0n) is 15.6. The fourth-order valence-electron chi connectivity index (χ4n) is 3.53. The van der Waals surface area contributed by atoms with E-state index in [4.69, 9.17) is 9.72 Å². The van der Waals surface area contributed by atoms with Gasteiger partial charge in [-0.25, -0.2) is 9.37 Å². The second kappa shape index (κ2) is 8.10. The van der Waals surface area contributed by atoms with Crippen molar-refractivity contribution in [3.8, 4) is 22.4 Å². The number of ether oxygens (including phenoxy) is 1. The van der Waals surface area contributed by atoms with Gasteiger partial charge in [0.25, 0.3) is 0 Å². The number of hydrogen-bond donors (Lipinski definition) is 0. The SMILES string of the molecule is COC(=O)C1CCCN(c2nc(-c3ccc(-c4ccc(F)cc4)cc3)cs2)C1. The predicted octanol–water partition coefficient (Wildman–Crippen LogP) is 5.01. The molecule has 1 aromatic heterocycles. The lowest BCUT2D eigenvalue weighted by Gasteiger charge is -2.30. The molecule has 1 aliphatic rings. The Morgan fingerprint density at radius 2 is 1.75 bits per heavy atom. The third kappa shape index (κ3) is 3.92. The largest absolute Gasteiger partial charge is 0.469 e. The lowest BCUT2D eigenvalue weighted by atomic mass is 9.99. The summed E-state index contributed by atoms with van der Waals surface area (Å²) in [6.45, 7) is 1.56. The number of carbonyl (C=O) groups excluding carboxylic acids is 1. The Balaban J connectivity index is 1.49. The molecule has 1 saturated heterocycles. The van der Waals surface area contributed by atoms with E-state index >= 15 is 0 Å². The van der Waals surface area contributed by atoms with Crippen molar-refractivity contribution < 1.29 is 13.9 Å². The summed E-state index contributed by atoms with van der Waals surface area (Å²) < 4.78 is 18.0. The molecule has 6 heteroatoms. The van der Waals surface area contributed by atoms with Crippen molar-refractivity contribution in [1.82, 2.24) is 4.98 Å². The number of benzene rings is 2. The average molecular weight is 396 g/mol. The molecule has 1 fully saturated rings. The van der Waals surface area contributed by atoms with Crippen LogP contribution in [0.5, 0.6) is 0 Å². The summed E-state index contributed by atoms with van der Waals surface area (Å²) >= 11 is 1.60. The molecular formula is C22H21FN2O2S. The Hall–Kier alpha value is -2.73. The molecule has 4 rings (SSSR count). The molecule has 1 unspecified atom stereocenters. The van der Waals surface area contributed by atoms with Gasteiger partial charge in [0.1, 0.15) is 5.82 Å². The predicted molar refractivity (Wildman–Crippen MR) is 110 cm³/mol. The third-order valence-corrected chi connectivity index (χ3v) is 5.98. The molecular weight excluding hydrogens is 375 g/mol. The molecule has 0 spiro atoms. The number of esters is 1. The summed E-state index contributed by atoms with van der Waals surface area (Å²) in [6.07, 6.45) is 1.83. The summed E-state index contributed by atoms with van der Waals surface area (Å²) in [4.78, 5) is 18.8. The molecule has 4 nitrogen and oxygen atoms in total. The van der Waals surface area contributed by atoms with Crippen LogP contribution in [0.25, 0.3) is 22.4 Å². The number of thiazole rings is 1. The van der Waals surface area contributed by atoms with Crippen LogP contribution in [-0.4, -0.2) is 31.2 Å². The number of carbonyl (C=O) groups is 1. The van der Waals surface area contributed by atoms with Gasteiger partial charge in [0.2, 0.25) is 0 Å². The number of anilines is 1. The van der Waals surface area contributed by atoms with Crippen LogP contribution in [-0.2, 0) is 9.53 Å². The molecule has 0 N–H and O–H groups in total. The summed E-state index contributed by atoms with van der Waals surface area (Å²) in [5, 5.41) is 2.98. The zero-order valence-corrected chi connectivity index (χ0v) is 16.4. The number of nitrogens with zero attached hydrogens (tertiary/aromatic N) is 2. The molecule has 0 aliphatic carbocycles. The van der Waals surface area contributed by atoms with Crippen molar-refractivity contribution in [1.29, 1.82) is 0 Å². The van der Waals surface area contributed by atoms with Gasteiger partial charge in [-0.15, -0.1) is 11.3 Å². The highest BCUT2D eigenvalue weighted by Gasteiger charge is 2.27. The molecule has 2 aromatic carbocycles. The number of piperidine rings is 1. The Morgan fingerprint density at radius 1 is 1.11 bits per heavy atom. The smallest absolute Gasteiger partial charge is 0.310 e. The van der Waals surface area contributed by atoms with Crippen LogP contribution in [0.3, 0.4) is 0 Å². The normalized spacial score (nSPS) is 16.8. The lowest BCUT2D eigenvalue weighted by Crippen LogP contribution is -2.39. The van der Waals surface area contributed by atoms with Crippen molar-refractivity contribution in [3.63, 3.8) is 0 Å². The molecule has 3 aromatic rings. The van der Waals surface area contributed by atoms with Crippen LogP contribution in [0.2, 0.25) is 0 Å². The maximum atomic E-state index is 13.1. The maximum Gasteiger partial charge on any atom is 0.310 e. The van der Waals surface area contributed by atoms with Gasteiger partial charge in [-0.1, -0.05) is 36.4 Å². The van der Waals surface area contributed by atoms with E-state index < -0.39 is 0 Å². The number of rotatable bonds is 4. The molecule has 0 amide bonds. The first-order valence-electron chi connectivity index (χ1n) is 9.29. The van der Waals surface area contributed by atoms with Crippen LogP contribution in [0.4, 0.5) is 9.52 Å². The zero-order chi connectivity index (χ0) is 19.5. The van der Waals surface area contributed by atoms with E-state index in [-0.39, 0.29) is 17.7 Å². The van der Waals surface area contributed by atoms with Crippen molar-refractivity contribution in [2.75, 3.05) is 25.1 Å². The van der Waals surface area contributed by atoms with Crippen LogP contribution in [0.15, 0.2) is 53.9 Å². The molecule has 144 valence electrons. The first kappa shape index (κ1) is 18.6.